The maximum atomic E-state index is 13.2. The number of pyridine rings is 1. The Labute approximate surface area is 176 Å². The van der Waals surface area contributed by atoms with Gasteiger partial charge in [0.15, 0.2) is 10.9 Å². The molecule has 0 radical (unpaired) electrons. The predicted octanol–water partition coefficient (Wildman–Crippen LogP) is 5.16. The summed E-state index contributed by atoms with van der Waals surface area (Å²) in [5.74, 6) is -0.848. The highest BCUT2D eigenvalue weighted by Gasteiger charge is 2.27. The van der Waals surface area contributed by atoms with E-state index < -0.39 is 16.7 Å². The van der Waals surface area contributed by atoms with Crippen molar-refractivity contribution in [1.29, 1.82) is 0 Å². The van der Waals surface area contributed by atoms with E-state index in [1.54, 1.807) is 18.3 Å². The van der Waals surface area contributed by atoms with Gasteiger partial charge in [-0.15, -0.1) is 0 Å². The average molecular weight is 422 g/mol. The van der Waals surface area contributed by atoms with E-state index in [2.05, 4.69) is 18.8 Å². The molecule has 0 aliphatic heterocycles. The highest BCUT2D eigenvalue weighted by atomic mass is 32.1. The Morgan fingerprint density at radius 2 is 2.03 bits per heavy atom. The summed E-state index contributed by atoms with van der Waals surface area (Å²) >= 11 is 1.38. The minimum atomic E-state index is -0.674. The first kappa shape index (κ1) is 19.7. The van der Waals surface area contributed by atoms with Crippen LogP contribution < -0.4 is 4.90 Å². The topological polar surface area (TPSA) is 102 Å². The van der Waals surface area contributed by atoms with Gasteiger partial charge in [-0.05, 0) is 35.7 Å². The zero-order chi connectivity index (χ0) is 21.3. The largest absolute Gasteiger partial charge is 0.433 e. The van der Waals surface area contributed by atoms with E-state index in [0.717, 1.165) is 15.8 Å². The third-order valence-electron chi connectivity index (χ3n) is 4.57. The smallest absolute Gasteiger partial charge is 0.395 e. The molecular formula is C21H18N4O4S. The fourth-order valence-corrected chi connectivity index (χ4v) is 4.09. The number of aromatic nitrogens is 2. The number of thiazole rings is 1. The van der Waals surface area contributed by atoms with Crippen LogP contribution in [0.5, 0.6) is 0 Å². The minimum Gasteiger partial charge on any atom is -0.395 e. The summed E-state index contributed by atoms with van der Waals surface area (Å²) in [6.45, 7) is 4.34. The Hall–Kier alpha value is -3.59. The number of rotatable bonds is 6. The molecule has 1 aromatic carbocycles. The SMILES string of the molecule is CC(C)c1cccc2sc(N(Cc3ccccn3)C(=O)c3ccc([N+](=O)[O-])o3)nc12. The molecule has 3 aromatic heterocycles. The number of amides is 1. The summed E-state index contributed by atoms with van der Waals surface area (Å²) in [5.41, 5.74) is 2.60. The second-order valence-electron chi connectivity index (χ2n) is 6.95. The van der Waals surface area contributed by atoms with Gasteiger partial charge in [-0.1, -0.05) is 43.4 Å². The van der Waals surface area contributed by atoms with Crippen LogP contribution in [0.2, 0.25) is 0 Å². The molecule has 9 heteroatoms. The summed E-state index contributed by atoms with van der Waals surface area (Å²) in [6, 6.07) is 13.9. The summed E-state index contributed by atoms with van der Waals surface area (Å²) in [6.07, 6.45) is 1.64. The lowest BCUT2D eigenvalue weighted by Crippen LogP contribution is -2.30. The Kier molecular flexibility index (Phi) is 5.28. The number of carbonyl (C=O) groups excluding carboxylic acids is 1. The molecule has 1 amide bonds. The third kappa shape index (κ3) is 3.79. The van der Waals surface area contributed by atoms with E-state index in [-0.39, 0.29) is 18.2 Å². The second kappa shape index (κ2) is 8.03. The van der Waals surface area contributed by atoms with E-state index in [4.69, 9.17) is 9.40 Å². The molecule has 3 heterocycles. The van der Waals surface area contributed by atoms with E-state index in [1.165, 1.54) is 28.4 Å². The van der Waals surface area contributed by atoms with Crippen molar-refractivity contribution < 1.29 is 14.1 Å². The molecule has 0 fully saturated rings. The monoisotopic (exact) mass is 422 g/mol. The minimum absolute atomic E-state index is 0.124. The van der Waals surface area contributed by atoms with Gasteiger partial charge in [0, 0.05) is 6.20 Å². The summed E-state index contributed by atoms with van der Waals surface area (Å²) in [4.78, 5) is 34.0. The van der Waals surface area contributed by atoms with Gasteiger partial charge in [0.05, 0.1) is 28.5 Å². The van der Waals surface area contributed by atoms with Crippen molar-refractivity contribution in [2.45, 2.75) is 26.3 Å². The number of carbonyl (C=O) groups is 1. The molecule has 0 atom stereocenters. The first-order valence-corrected chi connectivity index (χ1v) is 10.1. The van der Waals surface area contributed by atoms with Gasteiger partial charge in [0.25, 0.3) is 5.91 Å². The molecule has 0 saturated carbocycles. The van der Waals surface area contributed by atoms with Crippen LogP contribution in [-0.2, 0) is 6.54 Å². The van der Waals surface area contributed by atoms with Crippen molar-refractivity contribution in [3.63, 3.8) is 0 Å². The fraction of sp³-hybridized carbons (Fsp3) is 0.190. The lowest BCUT2D eigenvalue weighted by Gasteiger charge is -2.18. The lowest BCUT2D eigenvalue weighted by molar-refractivity contribution is -0.402. The summed E-state index contributed by atoms with van der Waals surface area (Å²) in [5, 5.41) is 11.4. The van der Waals surface area contributed by atoms with Gasteiger partial charge >= 0.3 is 5.88 Å². The maximum absolute atomic E-state index is 13.2. The van der Waals surface area contributed by atoms with Crippen LogP contribution in [0, 0.1) is 10.1 Å². The number of hydrogen-bond donors (Lipinski definition) is 0. The summed E-state index contributed by atoms with van der Waals surface area (Å²) in [7, 11) is 0. The van der Waals surface area contributed by atoms with Crippen LogP contribution in [0.4, 0.5) is 11.0 Å². The van der Waals surface area contributed by atoms with Gasteiger partial charge in [0.2, 0.25) is 0 Å². The molecule has 0 saturated heterocycles. The molecule has 0 aliphatic rings. The van der Waals surface area contributed by atoms with Crippen molar-refractivity contribution in [2.75, 3.05) is 4.90 Å². The molecule has 4 rings (SSSR count). The summed E-state index contributed by atoms with van der Waals surface area (Å²) < 4.78 is 6.11. The van der Waals surface area contributed by atoms with Gasteiger partial charge in [0.1, 0.15) is 4.92 Å². The number of furan rings is 1. The van der Waals surface area contributed by atoms with Crippen molar-refractivity contribution >= 4 is 38.5 Å². The molecule has 152 valence electrons. The van der Waals surface area contributed by atoms with Crippen LogP contribution in [0.15, 0.2) is 59.1 Å². The first-order valence-electron chi connectivity index (χ1n) is 9.29. The van der Waals surface area contributed by atoms with Gasteiger partial charge < -0.3 is 4.42 Å². The van der Waals surface area contributed by atoms with Gasteiger partial charge in [-0.2, -0.15) is 0 Å². The molecule has 4 aromatic rings. The normalized spacial score (nSPS) is 11.2. The predicted molar refractivity (Wildman–Crippen MR) is 114 cm³/mol. The number of hydrogen-bond acceptors (Lipinski definition) is 7. The number of para-hydroxylation sites is 1. The van der Waals surface area contributed by atoms with Crippen molar-refractivity contribution in [2.24, 2.45) is 0 Å². The Morgan fingerprint density at radius 1 is 1.20 bits per heavy atom. The van der Waals surface area contributed by atoms with Gasteiger partial charge in [-0.3, -0.25) is 24.8 Å². The van der Waals surface area contributed by atoms with Crippen molar-refractivity contribution in [1.82, 2.24) is 9.97 Å². The molecule has 0 N–H and O–H groups in total. The molecule has 0 unspecified atom stereocenters. The average Bonchev–Trinajstić information content (AvgIpc) is 3.39. The fourth-order valence-electron chi connectivity index (χ4n) is 3.09. The van der Waals surface area contributed by atoms with E-state index >= 15 is 0 Å². The van der Waals surface area contributed by atoms with E-state index in [9.17, 15) is 14.9 Å². The second-order valence-corrected chi connectivity index (χ2v) is 7.96. The molecule has 0 bridgehead atoms. The lowest BCUT2D eigenvalue weighted by atomic mass is 10.0. The van der Waals surface area contributed by atoms with E-state index in [1.807, 2.05) is 24.3 Å². The van der Waals surface area contributed by atoms with Crippen molar-refractivity contribution in [3.05, 3.63) is 81.9 Å². The number of benzene rings is 1. The molecular weight excluding hydrogens is 404 g/mol. The Morgan fingerprint density at radius 3 is 2.70 bits per heavy atom. The van der Waals surface area contributed by atoms with Crippen LogP contribution in [0.3, 0.4) is 0 Å². The Balaban J connectivity index is 1.78. The number of anilines is 1. The molecule has 0 spiro atoms. The van der Waals surface area contributed by atoms with Crippen LogP contribution >= 0.6 is 11.3 Å². The quantitative estimate of drug-likeness (QED) is 0.314. The molecule has 0 aliphatic carbocycles. The number of nitro groups is 1. The third-order valence-corrected chi connectivity index (χ3v) is 5.61. The zero-order valence-electron chi connectivity index (χ0n) is 16.3. The van der Waals surface area contributed by atoms with Gasteiger partial charge in [-0.25, -0.2) is 4.98 Å². The van der Waals surface area contributed by atoms with Crippen molar-refractivity contribution in [3.8, 4) is 0 Å². The molecule has 30 heavy (non-hydrogen) atoms. The Bertz CT molecular complexity index is 1220. The zero-order valence-corrected chi connectivity index (χ0v) is 17.1. The number of fused-ring (bicyclic) bond motifs is 1. The van der Waals surface area contributed by atoms with Crippen LogP contribution in [0.1, 0.15) is 41.6 Å². The van der Waals surface area contributed by atoms with Crippen LogP contribution in [-0.4, -0.2) is 20.8 Å². The maximum Gasteiger partial charge on any atom is 0.433 e. The highest BCUT2D eigenvalue weighted by molar-refractivity contribution is 7.22. The van der Waals surface area contributed by atoms with E-state index in [0.29, 0.717) is 10.8 Å². The first-order chi connectivity index (χ1) is 14.4. The highest BCUT2D eigenvalue weighted by Crippen LogP contribution is 2.35. The van der Waals surface area contributed by atoms with Crippen LogP contribution in [0.25, 0.3) is 10.2 Å². The number of nitrogens with zero attached hydrogens (tertiary/aromatic N) is 4. The standard InChI is InChI=1S/C21H18N4O4S/c1-13(2)15-7-5-8-17-19(15)23-21(30-17)24(12-14-6-3-4-11-22-14)20(26)16-9-10-18(29-16)25(27)28/h3-11,13H,12H2,1-2H3. The molecule has 8 nitrogen and oxygen atoms in total.